The lowest BCUT2D eigenvalue weighted by Gasteiger charge is -2.30. The van der Waals surface area contributed by atoms with Crippen LogP contribution in [0, 0.1) is 0 Å². The summed E-state index contributed by atoms with van der Waals surface area (Å²) in [6, 6.07) is 0.597. The van der Waals surface area contributed by atoms with Gasteiger partial charge in [-0.3, -0.25) is 4.90 Å². The van der Waals surface area contributed by atoms with Crippen LogP contribution in [0.3, 0.4) is 0 Å². The van der Waals surface area contributed by atoms with Gasteiger partial charge in [-0.2, -0.15) is 0 Å². The zero-order chi connectivity index (χ0) is 12.6. The van der Waals surface area contributed by atoms with Crippen LogP contribution in [-0.4, -0.2) is 49.8 Å². The Balaban J connectivity index is 3.87. The molecular weight excluding hydrogens is 200 g/mol. The summed E-state index contributed by atoms with van der Waals surface area (Å²) in [6.07, 6.45) is 1.17. The Hall–Kier alpha value is -0.120. The van der Waals surface area contributed by atoms with E-state index in [-0.39, 0.29) is 5.54 Å². The number of hydrogen-bond acceptors (Lipinski definition) is 3. The molecule has 3 nitrogen and oxygen atoms in total. The summed E-state index contributed by atoms with van der Waals surface area (Å²) in [7, 11) is 2.18. The zero-order valence-electron chi connectivity index (χ0n) is 12.0. The maximum atomic E-state index is 5.38. The third kappa shape index (κ3) is 8.08. The van der Waals surface area contributed by atoms with Crippen LogP contribution in [0.5, 0.6) is 0 Å². The van der Waals surface area contributed by atoms with Gasteiger partial charge in [0.05, 0.1) is 6.61 Å². The molecule has 0 aliphatic heterocycles. The highest BCUT2D eigenvalue weighted by Crippen LogP contribution is 2.04. The van der Waals surface area contributed by atoms with Crippen molar-refractivity contribution in [1.29, 1.82) is 0 Å². The number of rotatable bonds is 8. The molecule has 0 fully saturated rings. The number of ether oxygens (including phenoxy) is 1. The molecule has 0 rings (SSSR count). The van der Waals surface area contributed by atoms with Crippen LogP contribution in [0.2, 0.25) is 0 Å². The summed E-state index contributed by atoms with van der Waals surface area (Å²) in [4.78, 5) is 2.38. The first-order valence-electron chi connectivity index (χ1n) is 6.43. The fourth-order valence-electron chi connectivity index (χ4n) is 1.57. The van der Waals surface area contributed by atoms with Crippen LogP contribution in [0.25, 0.3) is 0 Å². The molecule has 0 heterocycles. The first kappa shape index (κ1) is 15.9. The van der Waals surface area contributed by atoms with E-state index in [1.54, 1.807) is 0 Å². The third-order valence-corrected chi connectivity index (χ3v) is 2.76. The summed E-state index contributed by atoms with van der Waals surface area (Å²) in [5.74, 6) is 0. The maximum Gasteiger partial charge on any atom is 0.0593 e. The highest BCUT2D eigenvalue weighted by Gasteiger charge is 2.16. The van der Waals surface area contributed by atoms with E-state index in [1.807, 2.05) is 6.92 Å². The minimum atomic E-state index is 0.203. The first-order valence-corrected chi connectivity index (χ1v) is 6.43. The average Bonchev–Trinajstić information content (AvgIpc) is 2.17. The van der Waals surface area contributed by atoms with E-state index in [4.69, 9.17) is 4.74 Å². The highest BCUT2D eigenvalue weighted by molar-refractivity contribution is 4.76. The van der Waals surface area contributed by atoms with Gasteiger partial charge >= 0.3 is 0 Å². The van der Waals surface area contributed by atoms with Gasteiger partial charge in [0.1, 0.15) is 0 Å². The Morgan fingerprint density at radius 2 is 1.88 bits per heavy atom. The second-order valence-electron chi connectivity index (χ2n) is 5.37. The number of nitrogens with one attached hydrogen (secondary N) is 1. The summed E-state index contributed by atoms with van der Waals surface area (Å²) >= 11 is 0. The molecule has 0 saturated carbocycles. The van der Waals surface area contributed by atoms with E-state index < -0.39 is 0 Å². The first-order chi connectivity index (χ1) is 7.40. The Morgan fingerprint density at radius 3 is 2.31 bits per heavy atom. The standard InChI is InChI=1S/C13H30N2O/c1-7-12(11-14-13(3,4)5)15(6)9-10-16-8-2/h12,14H,7-11H2,1-6H3. The Kier molecular flexibility index (Phi) is 7.98. The van der Waals surface area contributed by atoms with E-state index in [1.165, 1.54) is 6.42 Å². The van der Waals surface area contributed by atoms with E-state index in [0.29, 0.717) is 6.04 Å². The molecule has 0 aliphatic carbocycles. The van der Waals surface area contributed by atoms with Crippen molar-refractivity contribution < 1.29 is 4.74 Å². The zero-order valence-corrected chi connectivity index (χ0v) is 12.0. The monoisotopic (exact) mass is 230 g/mol. The quantitative estimate of drug-likeness (QED) is 0.646. The van der Waals surface area contributed by atoms with Crippen LogP contribution < -0.4 is 5.32 Å². The molecule has 0 aliphatic rings. The molecule has 3 heteroatoms. The molecule has 0 bridgehead atoms. The van der Waals surface area contributed by atoms with Crippen molar-refractivity contribution in [3.05, 3.63) is 0 Å². The molecule has 16 heavy (non-hydrogen) atoms. The Bertz CT molecular complexity index is 166. The van der Waals surface area contributed by atoms with Crippen molar-refractivity contribution in [2.24, 2.45) is 0 Å². The van der Waals surface area contributed by atoms with Crippen LogP contribution in [0.1, 0.15) is 41.0 Å². The van der Waals surface area contributed by atoms with E-state index in [9.17, 15) is 0 Å². The summed E-state index contributed by atoms with van der Waals surface area (Å²) in [6.45, 7) is 14.6. The second kappa shape index (κ2) is 8.04. The fraction of sp³-hybridized carbons (Fsp3) is 1.00. The van der Waals surface area contributed by atoms with Crippen LogP contribution >= 0.6 is 0 Å². The van der Waals surface area contributed by atoms with Gasteiger partial charge < -0.3 is 10.1 Å². The fourth-order valence-corrected chi connectivity index (χ4v) is 1.57. The molecule has 0 amide bonds. The van der Waals surface area contributed by atoms with Crippen molar-refractivity contribution >= 4 is 0 Å². The molecular formula is C13H30N2O. The predicted octanol–water partition coefficient (Wildman–Crippen LogP) is 2.12. The molecule has 0 radical (unpaired) electrons. The predicted molar refractivity (Wildman–Crippen MR) is 71.0 cm³/mol. The minimum absolute atomic E-state index is 0.203. The van der Waals surface area contributed by atoms with Gasteiger partial charge in [-0.05, 0) is 41.2 Å². The number of likely N-dealkylation sites (N-methyl/N-ethyl adjacent to an activating group) is 1. The molecule has 0 aromatic carbocycles. The lowest BCUT2D eigenvalue weighted by atomic mass is 10.1. The van der Waals surface area contributed by atoms with Crippen molar-refractivity contribution in [2.75, 3.05) is 33.4 Å². The molecule has 1 N–H and O–H groups in total. The van der Waals surface area contributed by atoms with Crippen molar-refractivity contribution in [3.8, 4) is 0 Å². The largest absolute Gasteiger partial charge is 0.380 e. The average molecular weight is 230 g/mol. The van der Waals surface area contributed by atoms with E-state index in [0.717, 1.165) is 26.3 Å². The maximum absolute atomic E-state index is 5.38. The van der Waals surface area contributed by atoms with Crippen LogP contribution in [0.15, 0.2) is 0 Å². The van der Waals surface area contributed by atoms with Gasteiger partial charge in [0.25, 0.3) is 0 Å². The topological polar surface area (TPSA) is 24.5 Å². The van der Waals surface area contributed by atoms with Gasteiger partial charge in [0.2, 0.25) is 0 Å². The highest BCUT2D eigenvalue weighted by atomic mass is 16.5. The molecule has 0 saturated heterocycles. The smallest absolute Gasteiger partial charge is 0.0593 e. The third-order valence-electron chi connectivity index (χ3n) is 2.76. The van der Waals surface area contributed by atoms with Crippen LogP contribution in [-0.2, 0) is 4.74 Å². The van der Waals surface area contributed by atoms with Crippen molar-refractivity contribution in [2.45, 2.75) is 52.6 Å². The van der Waals surface area contributed by atoms with Gasteiger partial charge in [0.15, 0.2) is 0 Å². The van der Waals surface area contributed by atoms with Gasteiger partial charge in [-0.15, -0.1) is 0 Å². The SMILES string of the molecule is CCOCCN(C)C(CC)CNC(C)(C)C. The van der Waals surface area contributed by atoms with Gasteiger partial charge in [-0.25, -0.2) is 0 Å². The summed E-state index contributed by atoms with van der Waals surface area (Å²) in [5.41, 5.74) is 0.203. The Morgan fingerprint density at radius 1 is 1.25 bits per heavy atom. The summed E-state index contributed by atoms with van der Waals surface area (Å²) in [5, 5.41) is 3.56. The molecule has 0 aromatic rings. The molecule has 0 aromatic heterocycles. The van der Waals surface area contributed by atoms with E-state index in [2.05, 4.69) is 45.0 Å². The Labute approximate surface area is 102 Å². The van der Waals surface area contributed by atoms with Crippen molar-refractivity contribution in [1.82, 2.24) is 10.2 Å². The summed E-state index contributed by atoms with van der Waals surface area (Å²) < 4.78 is 5.38. The molecule has 1 unspecified atom stereocenters. The lowest BCUT2D eigenvalue weighted by Crippen LogP contribution is -2.46. The number of hydrogen-bond donors (Lipinski definition) is 1. The van der Waals surface area contributed by atoms with Gasteiger partial charge in [0, 0.05) is 31.3 Å². The molecule has 1 atom stereocenters. The second-order valence-corrected chi connectivity index (χ2v) is 5.37. The minimum Gasteiger partial charge on any atom is -0.380 e. The van der Waals surface area contributed by atoms with Crippen LogP contribution in [0.4, 0.5) is 0 Å². The molecule has 0 spiro atoms. The normalized spacial score (nSPS) is 14.4. The van der Waals surface area contributed by atoms with Gasteiger partial charge in [-0.1, -0.05) is 6.92 Å². The molecule has 98 valence electrons. The van der Waals surface area contributed by atoms with E-state index >= 15 is 0 Å². The number of nitrogens with zero attached hydrogens (tertiary/aromatic N) is 1. The lowest BCUT2D eigenvalue weighted by molar-refractivity contribution is 0.104. The van der Waals surface area contributed by atoms with Crippen molar-refractivity contribution in [3.63, 3.8) is 0 Å².